The summed E-state index contributed by atoms with van der Waals surface area (Å²) >= 11 is 0. The Morgan fingerprint density at radius 2 is 1.74 bits per heavy atom. The van der Waals surface area contributed by atoms with Crippen molar-refractivity contribution in [3.8, 4) is 5.75 Å². The Kier molecular flexibility index (Phi) is 5.26. The van der Waals surface area contributed by atoms with Crippen molar-refractivity contribution >= 4 is 5.91 Å². The summed E-state index contributed by atoms with van der Waals surface area (Å²) < 4.78 is 5.25. The van der Waals surface area contributed by atoms with Gasteiger partial charge in [0, 0.05) is 18.7 Å². The zero-order valence-electron chi connectivity index (χ0n) is 15.8. The van der Waals surface area contributed by atoms with Crippen LogP contribution in [0.1, 0.15) is 36.8 Å². The second kappa shape index (κ2) is 7.97. The molecule has 4 nitrogen and oxygen atoms in total. The van der Waals surface area contributed by atoms with E-state index in [0.29, 0.717) is 6.54 Å². The summed E-state index contributed by atoms with van der Waals surface area (Å²) in [4.78, 5) is 15.1. The first-order chi connectivity index (χ1) is 13.3. The van der Waals surface area contributed by atoms with Crippen LogP contribution < -0.4 is 10.1 Å². The fourth-order valence-corrected chi connectivity index (χ4v) is 4.09. The van der Waals surface area contributed by atoms with Gasteiger partial charge in [0.1, 0.15) is 11.9 Å². The largest absolute Gasteiger partial charge is 0.497 e. The van der Waals surface area contributed by atoms with Crippen LogP contribution in [0.3, 0.4) is 0 Å². The fraction of sp³-hybridized carbons (Fsp3) is 0.348. The molecule has 4 rings (SSSR count). The Bertz CT molecular complexity index is 827. The van der Waals surface area contributed by atoms with E-state index in [1.54, 1.807) is 7.11 Å². The molecule has 1 atom stereocenters. The molecule has 1 aliphatic heterocycles. The van der Waals surface area contributed by atoms with E-state index in [2.05, 4.69) is 29.6 Å². The van der Waals surface area contributed by atoms with Crippen LogP contribution >= 0.6 is 0 Å². The number of carbonyl (C=O) groups is 1. The van der Waals surface area contributed by atoms with Crippen LogP contribution in [0.4, 0.5) is 0 Å². The SMILES string of the molecule is COc1ccc(CN2C(=O)C3=C(CCCC3)[C@@H]2NCc2ccccc2)cc1. The standard InChI is InChI=1S/C23H26N2O2/c1-27-19-13-11-18(12-14-19)16-25-22(24-15-17-7-3-2-4-8-17)20-9-5-6-10-21(20)23(25)26/h2-4,7-8,11-14,22,24H,5-6,9-10,15-16H2,1H3/t22-/m1/s1. The van der Waals surface area contributed by atoms with E-state index in [-0.39, 0.29) is 12.1 Å². The molecule has 2 aromatic carbocycles. The smallest absolute Gasteiger partial charge is 0.251 e. The number of amides is 1. The highest BCUT2D eigenvalue weighted by Crippen LogP contribution is 2.36. The molecule has 0 spiro atoms. The number of carbonyl (C=O) groups excluding carboxylic acids is 1. The Labute approximate surface area is 160 Å². The van der Waals surface area contributed by atoms with Crippen LogP contribution in [0.25, 0.3) is 0 Å². The normalized spacial score (nSPS) is 19.4. The topological polar surface area (TPSA) is 41.6 Å². The summed E-state index contributed by atoms with van der Waals surface area (Å²) in [5.41, 5.74) is 4.70. The van der Waals surface area contributed by atoms with Crippen LogP contribution in [0.5, 0.6) is 5.75 Å². The fourth-order valence-electron chi connectivity index (χ4n) is 4.09. The van der Waals surface area contributed by atoms with Gasteiger partial charge in [-0.3, -0.25) is 10.1 Å². The van der Waals surface area contributed by atoms with Gasteiger partial charge in [0.15, 0.2) is 0 Å². The summed E-state index contributed by atoms with van der Waals surface area (Å²) in [6.07, 6.45) is 4.22. The van der Waals surface area contributed by atoms with Crippen molar-refractivity contribution in [2.75, 3.05) is 7.11 Å². The van der Waals surface area contributed by atoms with Crippen LogP contribution in [0.2, 0.25) is 0 Å². The Hall–Kier alpha value is -2.59. The maximum atomic E-state index is 13.1. The second-order valence-corrected chi connectivity index (χ2v) is 7.26. The average molecular weight is 362 g/mol. The van der Waals surface area contributed by atoms with Crippen molar-refractivity contribution in [2.45, 2.75) is 44.9 Å². The number of nitrogens with zero attached hydrogens (tertiary/aromatic N) is 1. The van der Waals surface area contributed by atoms with E-state index in [9.17, 15) is 4.79 Å². The maximum absolute atomic E-state index is 13.1. The van der Waals surface area contributed by atoms with Crippen LogP contribution in [-0.4, -0.2) is 24.1 Å². The lowest BCUT2D eigenvalue weighted by atomic mass is 9.92. The predicted octanol–water partition coefficient (Wildman–Crippen LogP) is 4.02. The number of rotatable bonds is 6. The van der Waals surface area contributed by atoms with E-state index in [1.165, 1.54) is 17.6 Å². The monoisotopic (exact) mass is 362 g/mol. The molecule has 0 fully saturated rings. The lowest BCUT2D eigenvalue weighted by Crippen LogP contribution is -2.44. The van der Waals surface area contributed by atoms with Crippen molar-refractivity contribution in [3.05, 3.63) is 76.9 Å². The van der Waals surface area contributed by atoms with Crippen molar-refractivity contribution in [2.24, 2.45) is 0 Å². The molecule has 140 valence electrons. The van der Waals surface area contributed by atoms with Gasteiger partial charge in [-0.05, 0) is 54.5 Å². The molecular formula is C23H26N2O2. The molecule has 1 N–H and O–H groups in total. The molecule has 0 unspecified atom stereocenters. The van der Waals surface area contributed by atoms with Gasteiger partial charge in [0.25, 0.3) is 5.91 Å². The van der Waals surface area contributed by atoms with Crippen LogP contribution in [-0.2, 0) is 17.9 Å². The first-order valence-corrected chi connectivity index (χ1v) is 9.69. The van der Waals surface area contributed by atoms with Crippen LogP contribution in [0.15, 0.2) is 65.7 Å². The molecule has 0 aromatic heterocycles. The molecule has 0 saturated carbocycles. The quantitative estimate of drug-likeness (QED) is 0.844. The first kappa shape index (κ1) is 17.8. The van der Waals surface area contributed by atoms with E-state index in [4.69, 9.17) is 4.74 Å². The minimum Gasteiger partial charge on any atom is -0.497 e. The van der Waals surface area contributed by atoms with E-state index >= 15 is 0 Å². The summed E-state index contributed by atoms with van der Waals surface area (Å²) in [5, 5.41) is 3.64. The highest BCUT2D eigenvalue weighted by atomic mass is 16.5. The Morgan fingerprint density at radius 3 is 2.48 bits per heavy atom. The molecule has 1 aliphatic carbocycles. The van der Waals surface area contributed by atoms with E-state index in [0.717, 1.165) is 42.7 Å². The minimum absolute atomic E-state index is 0.00453. The molecule has 2 aromatic rings. The van der Waals surface area contributed by atoms with Crippen molar-refractivity contribution in [3.63, 3.8) is 0 Å². The Morgan fingerprint density at radius 1 is 1.00 bits per heavy atom. The van der Waals surface area contributed by atoms with Crippen molar-refractivity contribution < 1.29 is 9.53 Å². The summed E-state index contributed by atoms with van der Waals surface area (Å²) in [6, 6.07) is 18.4. The number of benzene rings is 2. The van der Waals surface area contributed by atoms with Gasteiger partial charge in [-0.2, -0.15) is 0 Å². The first-order valence-electron chi connectivity index (χ1n) is 9.69. The minimum atomic E-state index is -0.00453. The average Bonchev–Trinajstić information content (AvgIpc) is 2.99. The third-order valence-corrected chi connectivity index (χ3v) is 5.53. The molecule has 4 heteroatoms. The third-order valence-electron chi connectivity index (χ3n) is 5.53. The molecule has 1 amide bonds. The third kappa shape index (κ3) is 3.76. The van der Waals surface area contributed by atoms with Gasteiger partial charge in [0.2, 0.25) is 0 Å². The lowest BCUT2D eigenvalue weighted by Gasteiger charge is -2.28. The van der Waals surface area contributed by atoms with Gasteiger partial charge in [-0.15, -0.1) is 0 Å². The number of hydrogen-bond donors (Lipinski definition) is 1. The van der Waals surface area contributed by atoms with E-state index < -0.39 is 0 Å². The van der Waals surface area contributed by atoms with Gasteiger partial charge in [-0.25, -0.2) is 0 Å². The number of nitrogens with one attached hydrogen (secondary N) is 1. The molecular weight excluding hydrogens is 336 g/mol. The molecule has 0 bridgehead atoms. The summed E-state index contributed by atoms with van der Waals surface area (Å²) in [5.74, 6) is 1.04. The molecule has 1 heterocycles. The zero-order valence-corrected chi connectivity index (χ0v) is 15.8. The molecule has 27 heavy (non-hydrogen) atoms. The molecule has 0 saturated heterocycles. The highest BCUT2D eigenvalue weighted by Gasteiger charge is 2.39. The van der Waals surface area contributed by atoms with Gasteiger partial charge >= 0.3 is 0 Å². The predicted molar refractivity (Wildman–Crippen MR) is 106 cm³/mol. The van der Waals surface area contributed by atoms with Gasteiger partial charge < -0.3 is 9.64 Å². The number of hydrogen-bond acceptors (Lipinski definition) is 3. The molecule has 2 aliphatic rings. The second-order valence-electron chi connectivity index (χ2n) is 7.26. The zero-order chi connectivity index (χ0) is 18.6. The number of methoxy groups -OCH3 is 1. The van der Waals surface area contributed by atoms with Gasteiger partial charge in [0.05, 0.1) is 7.11 Å². The van der Waals surface area contributed by atoms with Crippen LogP contribution in [0, 0.1) is 0 Å². The summed E-state index contributed by atoms with van der Waals surface area (Å²) in [6.45, 7) is 1.37. The number of ether oxygens (including phenoxy) is 1. The van der Waals surface area contributed by atoms with Crippen molar-refractivity contribution in [1.82, 2.24) is 10.2 Å². The Balaban J connectivity index is 1.54. The highest BCUT2D eigenvalue weighted by molar-refractivity contribution is 5.97. The molecule has 0 radical (unpaired) electrons. The van der Waals surface area contributed by atoms with Crippen molar-refractivity contribution in [1.29, 1.82) is 0 Å². The summed E-state index contributed by atoms with van der Waals surface area (Å²) in [7, 11) is 1.67. The van der Waals surface area contributed by atoms with E-state index in [1.807, 2.05) is 35.2 Å². The lowest BCUT2D eigenvalue weighted by molar-refractivity contribution is -0.128. The van der Waals surface area contributed by atoms with Gasteiger partial charge in [-0.1, -0.05) is 42.5 Å². The maximum Gasteiger partial charge on any atom is 0.251 e.